The molecule has 2 rings (SSSR count). The van der Waals surface area contributed by atoms with Crippen LogP contribution in [0.25, 0.3) is 10.9 Å². The van der Waals surface area contributed by atoms with E-state index in [1.165, 1.54) is 4.57 Å². The second kappa shape index (κ2) is 4.90. The van der Waals surface area contributed by atoms with Gasteiger partial charge in [-0.15, -0.1) is 0 Å². The SMILES string of the molecule is CC(C)Cn1c(=O)oc(=O)c2cc(Br)cc(Cl)c21. The van der Waals surface area contributed by atoms with Crippen molar-refractivity contribution < 1.29 is 4.42 Å². The zero-order chi connectivity index (χ0) is 13.4. The Labute approximate surface area is 116 Å². The van der Waals surface area contributed by atoms with E-state index in [1.54, 1.807) is 12.1 Å². The predicted octanol–water partition coefficient (Wildman–Crippen LogP) is 3.03. The average molecular weight is 333 g/mol. The van der Waals surface area contributed by atoms with Crippen LogP contribution in [0.3, 0.4) is 0 Å². The zero-order valence-corrected chi connectivity index (χ0v) is 12.2. The van der Waals surface area contributed by atoms with Gasteiger partial charge in [0.25, 0.3) is 0 Å². The van der Waals surface area contributed by atoms with Gasteiger partial charge in [-0.2, -0.15) is 0 Å². The van der Waals surface area contributed by atoms with E-state index in [-0.39, 0.29) is 5.92 Å². The molecule has 2 aromatic rings. The second-order valence-corrected chi connectivity index (χ2v) is 5.77. The van der Waals surface area contributed by atoms with Crippen molar-refractivity contribution in [1.29, 1.82) is 0 Å². The molecule has 0 aliphatic rings. The molecular formula is C12H11BrClNO3. The lowest BCUT2D eigenvalue weighted by molar-refractivity contribution is 0.393. The number of nitrogens with zero attached hydrogens (tertiary/aromatic N) is 1. The molecule has 0 aliphatic heterocycles. The maximum atomic E-state index is 11.8. The van der Waals surface area contributed by atoms with Crippen LogP contribution in [-0.2, 0) is 6.54 Å². The van der Waals surface area contributed by atoms with Crippen molar-refractivity contribution in [2.45, 2.75) is 20.4 Å². The minimum absolute atomic E-state index is 0.235. The Morgan fingerprint density at radius 3 is 2.67 bits per heavy atom. The lowest BCUT2D eigenvalue weighted by Crippen LogP contribution is -2.27. The first-order valence-corrected chi connectivity index (χ1v) is 6.60. The zero-order valence-electron chi connectivity index (χ0n) is 9.87. The van der Waals surface area contributed by atoms with Gasteiger partial charge in [-0.05, 0) is 18.1 Å². The number of halogens is 2. The van der Waals surface area contributed by atoms with E-state index >= 15 is 0 Å². The molecule has 4 nitrogen and oxygen atoms in total. The van der Waals surface area contributed by atoms with Crippen LogP contribution >= 0.6 is 27.5 Å². The highest BCUT2D eigenvalue weighted by Gasteiger charge is 2.14. The van der Waals surface area contributed by atoms with E-state index in [2.05, 4.69) is 15.9 Å². The van der Waals surface area contributed by atoms with Crippen molar-refractivity contribution in [3.8, 4) is 0 Å². The average Bonchev–Trinajstić information content (AvgIpc) is 2.23. The van der Waals surface area contributed by atoms with Gasteiger partial charge in [-0.3, -0.25) is 4.57 Å². The Hall–Kier alpha value is -1.07. The number of rotatable bonds is 2. The van der Waals surface area contributed by atoms with Crippen LogP contribution in [-0.4, -0.2) is 4.57 Å². The largest absolute Gasteiger partial charge is 0.422 e. The van der Waals surface area contributed by atoms with E-state index in [0.717, 1.165) is 0 Å². The molecule has 0 fully saturated rings. The van der Waals surface area contributed by atoms with Gasteiger partial charge < -0.3 is 4.42 Å². The van der Waals surface area contributed by atoms with Crippen LogP contribution in [0.4, 0.5) is 0 Å². The molecule has 0 radical (unpaired) electrons. The van der Waals surface area contributed by atoms with Crippen LogP contribution in [0.1, 0.15) is 13.8 Å². The van der Waals surface area contributed by atoms with Crippen molar-refractivity contribution in [2.75, 3.05) is 0 Å². The molecule has 0 aliphatic carbocycles. The topological polar surface area (TPSA) is 52.2 Å². The fourth-order valence-electron chi connectivity index (χ4n) is 1.81. The molecule has 0 amide bonds. The fraction of sp³-hybridized carbons (Fsp3) is 0.333. The number of benzene rings is 1. The molecular weight excluding hydrogens is 321 g/mol. The summed E-state index contributed by atoms with van der Waals surface area (Å²) in [6.45, 7) is 4.38. The quantitative estimate of drug-likeness (QED) is 0.849. The number of fused-ring (bicyclic) bond motifs is 1. The molecule has 0 N–H and O–H groups in total. The van der Waals surface area contributed by atoms with Gasteiger partial charge in [-0.1, -0.05) is 41.4 Å². The van der Waals surface area contributed by atoms with E-state index in [0.29, 0.717) is 26.9 Å². The van der Waals surface area contributed by atoms with Gasteiger partial charge in [0.15, 0.2) is 0 Å². The summed E-state index contributed by atoms with van der Waals surface area (Å²) in [6.07, 6.45) is 0. The highest BCUT2D eigenvalue weighted by atomic mass is 79.9. The van der Waals surface area contributed by atoms with Gasteiger partial charge in [0.2, 0.25) is 0 Å². The van der Waals surface area contributed by atoms with Crippen molar-refractivity contribution in [1.82, 2.24) is 4.57 Å². The maximum absolute atomic E-state index is 11.8. The molecule has 1 heterocycles. The Morgan fingerprint density at radius 2 is 2.06 bits per heavy atom. The molecule has 18 heavy (non-hydrogen) atoms. The first-order valence-electron chi connectivity index (χ1n) is 5.43. The minimum Gasteiger partial charge on any atom is -0.372 e. The highest BCUT2D eigenvalue weighted by Crippen LogP contribution is 2.25. The van der Waals surface area contributed by atoms with Gasteiger partial charge >= 0.3 is 11.4 Å². The third-order valence-corrected chi connectivity index (χ3v) is 3.21. The maximum Gasteiger partial charge on any atom is 0.422 e. The summed E-state index contributed by atoms with van der Waals surface area (Å²) in [7, 11) is 0. The van der Waals surface area contributed by atoms with Crippen molar-refractivity contribution in [3.05, 3.63) is 42.6 Å². The van der Waals surface area contributed by atoms with Crippen LogP contribution in [0.5, 0.6) is 0 Å². The van der Waals surface area contributed by atoms with Crippen molar-refractivity contribution in [3.63, 3.8) is 0 Å². The Bertz CT molecular complexity index is 718. The number of aromatic nitrogens is 1. The molecule has 0 spiro atoms. The van der Waals surface area contributed by atoms with Crippen LogP contribution in [0.15, 0.2) is 30.6 Å². The molecule has 0 bridgehead atoms. The minimum atomic E-state index is -0.676. The summed E-state index contributed by atoms with van der Waals surface area (Å²) in [5, 5.41) is 0.652. The Balaban J connectivity index is 2.93. The third-order valence-electron chi connectivity index (χ3n) is 2.47. The van der Waals surface area contributed by atoms with Gasteiger partial charge in [0, 0.05) is 11.0 Å². The molecule has 0 atom stereocenters. The fourth-order valence-corrected chi connectivity index (χ4v) is 2.72. The normalized spacial score (nSPS) is 11.4. The first kappa shape index (κ1) is 13.4. The second-order valence-electron chi connectivity index (χ2n) is 4.44. The number of hydrogen-bond donors (Lipinski definition) is 0. The van der Waals surface area contributed by atoms with Gasteiger partial charge in [-0.25, -0.2) is 9.59 Å². The van der Waals surface area contributed by atoms with E-state index in [4.69, 9.17) is 16.0 Å². The molecule has 1 aromatic carbocycles. The van der Waals surface area contributed by atoms with Gasteiger partial charge in [0.05, 0.1) is 15.9 Å². The van der Waals surface area contributed by atoms with Crippen LogP contribution in [0.2, 0.25) is 5.02 Å². The summed E-state index contributed by atoms with van der Waals surface area (Å²) < 4.78 is 6.77. The standard InChI is InChI=1S/C12H11BrClNO3/c1-6(2)5-15-10-8(11(16)18-12(15)17)3-7(13)4-9(10)14/h3-4,6H,5H2,1-2H3. The molecule has 0 unspecified atom stereocenters. The lowest BCUT2D eigenvalue weighted by Gasteiger charge is -2.12. The van der Waals surface area contributed by atoms with E-state index in [9.17, 15) is 9.59 Å². The van der Waals surface area contributed by atoms with E-state index < -0.39 is 11.4 Å². The Kier molecular flexibility index (Phi) is 3.64. The van der Waals surface area contributed by atoms with E-state index in [1.807, 2.05) is 13.8 Å². The Morgan fingerprint density at radius 1 is 1.39 bits per heavy atom. The molecule has 0 saturated heterocycles. The summed E-state index contributed by atoms with van der Waals surface area (Å²) >= 11 is 9.38. The molecule has 96 valence electrons. The van der Waals surface area contributed by atoms with Crippen molar-refractivity contribution >= 4 is 38.4 Å². The summed E-state index contributed by atoms with van der Waals surface area (Å²) in [6, 6.07) is 3.25. The molecule has 0 saturated carbocycles. The third kappa shape index (κ3) is 2.37. The summed E-state index contributed by atoms with van der Waals surface area (Å²) in [4.78, 5) is 23.4. The smallest absolute Gasteiger partial charge is 0.372 e. The summed E-state index contributed by atoms with van der Waals surface area (Å²) in [5.41, 5.74) is -0.243. The monoisotopic (exact) mass is 331 g/mol. The lowest BCUT2D eigenvalue weighted by atomic mass is 10.2. The summed E-state index contributed by atoms with van der Waals surface area (Å²) in [5.74, 6) is -0.441. The first-order chi connectivity index (χ1) is 8.40. The van der Waals surface area contributed by atoms with Crippen LogP contribution in [0, 0.1) is 5.92 Å². The molecule has 1 aromatic heterocycles. The predicted molar refractivity (Wildman–Crippen MR) is 74.3 cm³/mol. The van der Waals surface area contributed by atoms with Crippen LogP contribution < -0.4 is 11.4 Å². The van der Waals surface area contributed by atoms with Gasteiger partial charge in [0.1, 0.15) is 0 Å². The highest BCUT2D eigenvalue weighted by molar-refractivity contribution is 9.10. The van der Waals surface area contributed by atoms with Crippen molar-refractivity contribution in [2.24, 2.45) is 5.92 Å². The molecule has 6 heteroatoms. The number of hydrogen-bond acceptors (Lipinski definition) is 3.